The molecule has 1 aliphatic carbocycles. The SMILES string of the molecule is O=C(NCc1nccn1CCCc1ccccc1)C1C=CC=CC=C1. The largest absolute Gasteiger partial charge is 0.348 e. The maximum absolute atomic E-state index is 12.3. The molecule has 0 atom stereocenters. The number of aromatic nitrogens is 2. The van der Waals surface area contributed by atoms with Crippen LogP contribution in [0.15, 0.2) is 79.2 Å². The molecule has 1 heterocycles. The Morgan fingerprint density at radius 1 is 1.08 bits per heavy atom. The van der Waals surface area contributed by atoms with Crippen molar-refractivity contribution in [2.75, 3.05) is 0 Å². The molecule has 0 fully saturated rings. The number of carbonyl (C=O) groups is 1. The van der Waals surface area contributed by atoms with Crippen molar-refractivity contribution in [3.05, 3.63) is 90.6 Å². The van der Waals surface area contributed by atoms with Gasteiger partial charge in [-0.05, 0) is 18.4 Å². The number of amides is 1. The fourth-order valence-corrected chi connectivity index (χ4v) is 2.83. The van der Waals surface area contributed by atoms with Crippen LogP contribution in [0, 0.1) is 5.92 Å². The lowest BCUT2D eigenvalue weighted by atomic mass is 10.1. The number of carbonyl (C=O) groups excluding carboxylic acids is 1. The molecule has 0 radical (unpaired) electrons. The second-order valence-corrected chi connectivity index (χ2v) is 6.02. The van der Waals surface area contributed by atoms with E-state index in [-0.39, 0.29) is 11.8 Å². The summed E-state index contributed by atoms with van der Waals surface area (Å²) in [6, 6.07) is 10.5. The molecule has 25 heavy (non-hydrogen) atoms. The summed E-state index contributed by atoms with van der Waals surface area (Å²) in [6.45, 7) is 1.34. The minimum absolute atomic E-state index is 0.00460. The van der Waals surface area contributed by atoms with Crippen molar-refractivity contribution < 1.29 is 4.79 Å². The summed E-state index contributed by atoms with van der Waals surface area (Å²) >= 11 is 0. The van der Waals surface area contributed by atoms with Crippen molar-refractivity contribution in [2.24, 2.45) is 5.92 Å². The predicted octanol–water partition coefficient (Wildman–Crippen LogP) is 3.43. The molecule has 1 aromatic heterocycles. The minimum Gasteiger partial charge on any atom is -0.348 e. The van der Waals surface area contributed by atoms with Gasteiger partial charge in [-0.1, -0.05) is 66.8 Å². The van der Waals surface area contributed by atoms with E-state index < -0.39 is 0 Å². The molecule has 3 rings (SSSR count). The molecule has 0 saturated heterocycles. The number of nitrogens with one attached hydrogen (secondary N) is 1. The Labute approximate surface area is 148 Å². The van der Waals surface area contributed by atoms with Crippen molar-refractivity contribution in [1.29, 1.82) is 0 Å². The highest BCUT2D eigenvalue weighted by Gasteiger charge is 2.13. The zero-order valence-corrected chi connectivity index (χ0v) is 14.2. The van der Waals surface area contributed by atoms with Gasteiger partial charge in [-0.3, -0.25) is 4.79 Å². The van der Waals surface area contributed by atoms with E-state index in [0.29, 0.717) is 6.54 Å². The van der Waals surface area contributed by atoms with Crippen LogP contribution >= 0.6 is 0 Å². The maximum Gasteiger partial charge on any atom is 0.231 e. The van der Waals surface area contributed by atoms with Crippen molar-refractivity contribution in [1.82, 2.24) is 14.9 Å². The zero-order chi connectivity index (χ0) is 17.3. The summed E-state index contributed by atoms with van der Waals surface area (Å²) in [4.78, 5) is 16.7. The number of allylic oxidation sites excluding steroid dienone is 4. The van der Waals surface area contributed by atoms with Crippen LogP contribution in [-0.4, -0.2) is 15.5 Å². The smallest absolute Gasteiger partial charge is 0.231 e. The van der Waals surface area contributed by atoms with Crippen LogP contribution in [0.1, 0.15) is 17.8 Å². The second kappa shape index (κ2) is 8.83. The first-order chi connectivity index (χ1) is 12.3. The van der Waals surface area contributed by atoms with Gasteiger partial charge in [0.1, 0.15) is 5.82 Å². The lowest BCUT2D eigenvalue weighted by molar-refractivity contribution is -0.122. The molecule has 1 amide bonds. The van der Waals surface area contributed by atoms with Gasteiger partial charge in [0.15, 0.2) is 0 Å². The highest BCUT2D eigenvalue weighted by atomic mass is 16.1. The average Bonchev–Trinajstić information content (AvgIpc) is 2.91. The Balaban J connectivity index is 1.49. The van der Waals surface area contributed by atoms with Crippen LogP contribution in [0.3, 0.4) is 0 Å². The lowest BCUT2D eigenvalue weighted by Gasteiger charge is -2.11. The van der Waals surface area contributed by atoms with Crippen molar-refractivity contribution in [3.8, 4) is 0 Å². The van der Waals surface area contributed by atoms with Crippen LogP contribution in [0.4, 0.5) is 0 Å². The quantitative estimate of drug-likeness (QED) is 0.844. The van der Waals surface area contributed by atoms with E-state index in [9.17, 15) is 4.79 Å². The second-order valence-electron chi connectivity index (χ2n) is 6.02. The number of rotatable bonds is 7. The topological polar surface area (TPSA) is 46.9 Å². The molecular weight excluding hydrogens is 310 g/mol. The van der Waals surface area contributed by atoms with Gasteiger partial charge in [-0.2, -0.15) is 0 Å². The van der Waals surface area contributed by atoms with Gasteiger partial charge in [0.25, 0.3) is 0 Å². The molecule has 0 saturated carbocycles. The van der Waals surface area contributed by atoms with E-state index in [2.05, 4.69) is 39.1 Å². The average molecular weight is 333 g/mol. The molecule has 1 aliphatic rings. The van der Waals surface area contributed by atoms with Gasteiger partial charge in [0.05, 0.1) is 12.5 Å². The number of aryl methyl sites for hydroxylation is 2. The lowest BCUT2D eigenvalue weighted by Crippen LogP contribution is -2.29. The Hall–Kier alpha value is -2.88. The van der Waals surface area contributed by atoms with E-state index in [1.54, 1.807) is 6.20 Å². The van der Waals surface area contributed by atoms with Crippen LogP contribution in [0.5, 0.6) is 0 Å². The van der Waals surface area contributed by atoms with Gasteiger partial charge in [-0.25, -0.2) is 4.98 Å². The molecule has 1 N–H and O–H groups in total. The fraction of sp³-hybridized carbons (Fsp3) is 0.238. The number of imidazole rings is 1. The van der Waals surface area contributed by atoms with Gasteiger partial charge in [-0.15, -0.1) is 0 Å². The van der Waals surface area contributed by atoms with Crippen molar-refractivity contribution in [2.45, 2.75) is 25.9 Å². The Kier molecular flexibility index (Phi) is 5.99. The first kappa shape index (κ1) is 17.0. The Bertz CT molecular complexity index is 755. The Morgan fingerprint density at radius 2 is 1.84 bits per heavy atom. The van der Waals surface area contributed by atoms with Crippen LogP contribution < -0.4 is 5.32 Å². The van der Waals surface area contributed by atoms with Gasteiger partial charge >= 0.3 is 0 Å². The molecule has 1 aromatic carbocycles. The fourth-order valence-electron chi connectivity index (χ4n) is 2.83. The van der Waals surface area contributed by atoms with Gasteiger partial charge in [0, 0.05) is 18.9 Å². The van der Waals surface area contributed by atoms with Crippen molar-refractivity contribution in [3.63, 3.8) is 0 Å². The summed E-state index contributed by atoms with van der Waals surface area (Å²) in [5.74, 6) is 0.660. The summed E-state index contributed by atoms with van der Waals surface area (Å²) < 4.78 is 2.11. The van der Waals surface area contributed by atoms with E-state index >= 15 is 0 Å². The van der Waals surface area contributed by atoms with Gasteiger partial charge < -0.3 is 9.88 Å². The van der Waals surface area contributed by atoms with E-state index in [4.69, 9.17) is 0 Å². The first-order valence-corrected chi connectivity index (χ1v) is 8.66. The predicted molar refractivity (Wildman–Crippen MR) is 99.7 cm³/mol. The summed E-state index contributed by atoms with van der Waals surface area (Å²) in [5, 5.41) is 2.98. The van der Waals surface area contributed by atoms with E-state index in [1.807, 2.05) is 48.7 Å². The summed E-state index contributed by atoms with van der Waals surface area (Å²) in [7, 11) is 0. The van der Waals surface area contributed by atoms with Crippen molar-refractivity contribution >= 4 is 5.91 Å². The summed E-state index contributed by atoms with van der Waals surface area (Å²) in [5.41, 5.74) is 1.35. The molecule has 4 nitrogen and oxygen atoms in total. The third-order valence-electron chi connectivity index (χ3n) is 4.20. The number of hydrogen-bond donors (Lipinski definition) is 1. The molecule has 2 aromatic rings. The zero-order valence-electron chi connectivity index (χ0n) is 14.2. The maximum atomic E-state index is 12.3. The highest BCUT2D eigenvalue weighted by Crippen LogP contribution is 2.08. The molecule has 0 spiro atoms. The monoisotopic (exact) mass is 333 g/mol. The molecular formula is C21H23N3O. The van der Waals surface area contributed by atoms with Crippen LogP contribution in [-0.2, 0) is 24.3 Å². The molecule has 0 aliphatic heterocycles. The highest BCUT2D eigenvalue weighted by molar-refractivity contribution is 5.82. The molecule has 0 bridgehead atoms. The normalized spacial score (nSPS) is 13.8. The third-order valence-corrected chi connectivity index (χ3v) is 4.20. The molecule has 4 heteroatoms. The molecule has 0 unspecified atom stereocenters. The molecule has 128 valence electrons. The van der Waals surface area contributed by atoms with E-state index in [1.165, 1.54) is 5.56 Å². The minimum atomic E-state index is -0.225. The van der Waals surface area contributed by atoms with Crippen LogP contribution in [0.2, 0.25) is 0 Å². The van der Waals surface area contributed by atoms with E-state index in [0.717, 1.165) is 25.2 Å². The van der Waals surface area contributed by atoms with Gasteiger partial charge in [0.2, 0.25) is 5.91 Å². The standard InChI is InChI=1S/C21H23N3O/c25-21(19-12-6-1-2-7-13-19)23-17-20-22-14-16-24(20)15-8-11-18-9-4-3-5-10-18/h1-7,9-10,12-14,16,19H,8,11,15,17H2,(H,23,25). The number of hydrogen-bond acceptors (Lipinski definition) is 2. The number of benzene rings is 1. The summed E-state index contributed by atoms with van der Waals surface area (Å²) in [6.07, 6.45) is 17.3. The Morgan fingerprint density at radius 3 is 2.60 bits per heavy atom. The number of nitrogens with zero attached hydrogens (tertiary/aromatic N) is 2. The van der Waals surface area contributed by atoms with Crippen LogP contribution in [0.25, 0.3) is 0 Å². The third kappa shape index (κ3) is 5.05. The first-order valence-electron chi connectivity index (χ1n) is 8.66.